The van der Waals surface area contributed by atoms with Crippen molar-refractivity contribution in [3.8, 4) is 22.4 Å². The van der Waals surface area contributed by atoms with Gasteiger partial charge in [0, 0.05) is 47.0 Å². The first-order valence-electron chi connectivity index (χ1n) is 14.9. The van der Waals surface area contributed by atoms with E-state index in [1.54, 1.807) is 12.4 Å². The number of aromatic nitrogens is 3. The zero-order valence-corrected chi connectivity index (χ0v) is 26.0. The normalized spacial score (nSPS) is 17.2. The number of amides is 1. The summed E-state index contributed by atoms with van der Waals surface area (Å²) in [7, 11) is 3.75. The minimum absolute atomic E-state index is 0.0717. The lowest BCUT2D eigenvalue weighted by Gasteiger charge is -2.19. The Kier molecular flexibility index (Phi) is 10.3. The number of Topliss-reactive ketones (excluding diaryl/α,β-unsaturated/α-hetero) is 1. The summed E-state index contributed by atoms with van der Waals surface area (Å²) in [6.45, 7) is 3.21. The SMILES string of the molecule is CNCc1c(-c2[nH]ncc2-c2ccc(CN(C)CC(=O)C3CCC(C)N3)c(Cl)c2)c[nH]c1C(=O)N[C@H](CO)c1ccccc1. The number of halogens is 1. The highest BCUT2D eigenvalue weighted by atomic mass is 35.5. The molecule has 2 aromatic heterocycles. The number of H-pyrrole nitrogens is 2. The Morgan fingerprint density at radius 1 is 1.16 bits per heavy atom. The van der Waals surface area contributed by atoms with Crippen LogP contribution in [0.3, 0.4) is 0 Å². The van der Waals surface area contributed by atoms with Gasteiger partial charge in [0.15, 0.2) is 5.78 Å². The number of rotatable bonds is 13. The lowest BCUT2D eigenvalue weighted by Crippen LogP contribution is -2.40. The number of nitrogens with one attached hydrogen (secondary N) is 5. The third-order valence-corrected chi connectivity index (χ3v) is 8.51. The lowest BCUT2D eigenvalue weighted by molar-refractivity contribution is -0.121. The number of nitrogens with zero attached hydrogens (tertiary/aromatic N) is 2. The fourth-order valence-corrected chi connectivity index (χ4v) is 6.09. The van der Waals surface area contributed by atoms with Gasteiger partial charge in [-0.1, -0.05) is 54.1 Å². The standard InChI is InChI=1S/C33H40ClN7O3/c1-20-9-12-28(38-20)30(43)18-41(3)17-23-11-10-22(13-27(23)34)24-16-37-40-31(24)26-15-36-32(25(26)14-35-2)33(44)39-29(19-42)21-7-5-4-6-8-21/h4-8,10-11,13,15-16,20,28-29,35-36,38,42H,9,12,14,17-19H2,1-3H3,(H,37,40)(H,39,44)/t20?,28?,29-/m1/s1. The fraction of sp³-hybridized carbons (Fsp3) is 0.364. The Morgan fingerprint density at radius 3 is 2.64 bits per heavy atom. The van der Waals surface area contributed by atoms with Crippen LogP contribution in [0.2, 0.25) is 5.02 Å². The number of likely N-dealkylation sites (N-methyl/N-ethyl adjacent to an activating group) is 1. The number of hydrogen-bond donors (Lipinski definition) is 6. The van der Waals surface area contributed by atoms with Crippen molar-refractivity contribution >= 4 is 23.3 Å². The third kappa shape index (κ3) is 7.11. The summed E-state index contributed by atoms with van der Waals surface area (Å²) in [5.41, 5.74) is 6.17. The molecule has 0 aliphatic carbocycles. The number of ketones is 1. The van der Waals surface area contributed by atoms with E-state index >= 15 is 0 Å². The molecule has 1 fully saturated rings. The molecule has 4 aromatic rings. The smallest absolute Gasteiger partial charge is 0.268 e. The molecule has 0 radical (unpaired) electrons. The quantitative estimate of drug-likeness (QED) is 0.133. The van der Waals surface area contributed by atoms with E-state index in [4.69, 9.17) is 11.6 Å². The van der Waals surface area contributed by atoms with Crippen LogP contribution in [0.25, 0.3) is 22.4 Å². The van der Waals surface area contributed by atoms with Crippen molar-refractivity contribution in [3.05, 3.63) is 88.3 Å². The number of hydrogen-bond acceptors (Lipinski definition) is 7. The zero-order chi connectivity index (χ0) is 31.2. The van der Waals surface area contributed by atoms with Gasteiger partial charge in [-0.2, -0.15) is 5.10 Å². The van der Waals surface area contributed by atoms with E-state index < -0.39 is 6.04 Å². The monoisotopic (exact) mass is 617 g/mol. The van der Waals surface area contributed by atoms with Gasteiger partial charge in [-0.3, -0.25) is 19.6 Å². The summed E-state index contributed by atoms with van der Waals surface area (Å²) in [5.74, 6) is -0.116. The van der Waals surface area contributed by atoms with Gasteiger partial charge in [0.05, 0.1) is 37.1 Å². The second-order valence-corrected chi connectivity index (χ2v) is 11.9. The van der Waals surface area contributed by atoms with Gasteiger partial charge in [-0.15, -0.1) is 0 Å². The minimum Gasteiger partial charge on any atom is -0.394 e. The van der Waals surface area contributed by atoms with Crippen molar-refractivity contribution in [2.45, 2.75) is 51.0 Å². The molecular formula is C33H40ClN7O3. The number of aromatic amines is 2. The maximum Gasteiger partial charge on any atom is 0.268 e. The molecule has 1 aliphatic heterocycles. The van der Waals surface area contributed by atoms with Crippen LogP contribution < -0.4 is 16.0 Å². The van der Waals surface area contributed by atoms with Crippen LogP contribution in [0.15, 0.2) is 60.9 Å². The molecule has 1 saturated heterocycles. The molecule has 2 unspecified atom stereocenters. The van der Waals surface area contributed by atoms with Crippen molar-refractivity contribution in [2.24, 2.45) is 0 Å². The molecule has 1 aliphatic rings. The fourth-order valence-electron chi connectivity index (χ4n) is 5.85. The van der Waals surface area contributed by atoms with Crippen molar-refractivity contribution in [1.82, 2.24) is 36.0 Å². The highest BCUT2D eigenvalue weighted by molar-refractivity contribution is 6.31. The Hall–Kier alpha value is -3.80. The maximum absolute atomic E-state index is 13.4. The molecular weight excluding hydrogens is 578 g/mol. The Morgan fingerprint density at radius 2 is 1.95 bits per heavy atom. The van der Waals surface area contributed by atoms with Crippen LogP contribution >= 0.6 is 11.6 Å². The molecule has 3 atom stereocenters. The van der Waals surface area contributed by atoms with Crippen molar-refractivity contribution in [2.75, 3.05) is 27.2 Å². The molecule has 3 heterocycles. The number of aliphatic hydroxyl groups excluding tert-OH is 1. The topological polar surface area (TPSA) is 138 Å². The van der Waals surface area contributed by atoms with Gasteiger partial charge in [0.25, 0.3) is 5.91 Å². The van der Waals surface area contributed by atoms with E-state index in [1.807, 2.05) is 67.5 Å². The lowest BCUT2D eigenvalue weighted by atomic mass is 9.98. The molecule has 0 spiro atoms. The van der Waals surface area contributed by atoms with E-state index in [9.17, 15) is 14.7 Å². The molecule has 5 rings (SSSR count). The summed E-state index contributed by atoms with van der Waals surface area (Å²) >= 11 is 6.77. The summed E-state index contributed by atoms with van der Waals surface area (Å²) in [5, 5.41) is 27.5. The highest BCUT2D eigenvalue weighted by Gasteiger charge is 2.27. The second-order valence-electron chi connectivity index (χ2n) is 11.5. The Balaban J connectivity index is 1.33. The summed E-state index contributed by atoms with van der Waals surface area (Å²) in [6, 6.07) is 15.0. The van der Waals surface area contributed by atoms with E-state index in [0.29, 0.717) is 36.4 Å². The molecule has 10 nitrogen and oxygen atoms in total. The van der Waals surface area contributed by atoms with Crippen LogP contribution in [0.1, 0.15) is 53.0 Å². The maximum atomic E-state index is 13.4. The van der Waals surface area contributed by atoms with Gasteiger partial charge < -0.3 is 26.0 Å². The summed E-state index contributed by atoms with van der Waals surface area (Å²) < 4.78 is 0. The molecule has 0 bridgehead atoms. The van der Waals surface area contributed by atoms with Crippen LogP contribution in [-0.2, 0) is 17.9 Å². The average Bonchev–Trinajstić information content (AvgIpc) is 3.77. The van der Waals surface area contributed by atoms with Gasteiger partial charge in [0.1, 0.15) is 5.69 Å². The number of benzene rings is 2. The molecule has 11 heteroatoms. The van der Waals surface area contributed by atoms with E-state index in [1.165, 1.54) is 0 Å². The van der Waals surface area contributed by atoms with Crippen LogP contribution in [0, 0.1) is 0 Å². The van der Waals surface area contributed by atoms with E-state index in [0.717, 1.165) is 51.9 Å². The van der Waals surface area contributed by atoms with Crippen LogP contribution in [0.5, 0.6) is 0 Å². The number of carbonyl (C=O) groups is 2. The highest BCUT2D eigenvalue weighted by Crippen LogP contribution is 2.35. The summed E-state index contributed by atoms with van der Waals surface area (Å²) in [4.78, 5) is 31.2. The predicted molar refractivity (Wildman–Crippen MR) is 172 cm³/mol. The second kappa shape index (κ2) is 14.3. The van der Waals surface area contributed by atoms with Gasteiger partial charge in [-0.25, -0.2) is 0 Å². The number of aliphatic hydroxyl groups is 1. The molecule has 0 saturated carbocycles. The van der Waals surface area contributed by atoms with E-state index in [-0.39, 0.29) is 24.3 Å². The van der Waals surface area contributed by atoms with Crippen LogP contribution in [0.4, 0.5) is 0 Å². The van der Waals surface area contributed by atoms with Gasteiger partial charge in [0.2, 0.25) is 0 Å². The Labute approximate surface area is 262 Å². The molecule has 232 valence electrons. The van der Waals surface area contributed by atoms with Crippen molar-refractivity contribution in [1.29, 1.82) is 0 Å². The predicted octanol–water partition coefficient (Wildman–Crippen LogP) is 4.05. The Bertz CT molecular complexity index is 1590. The summed E-state index contributed by atoms with van der Waals surface area (Å²) in [6.07, 6.45) is 5.44. The van der Waals surface area contributed by atoms with Crippen LogP contribution in [-0.4, -0.2) is 76.2 Å². The van der Waals surface area contributed by atoms with Crippen molar-refractivity contribution < 1.29 is 14.7 Å². The largest absolute Gasteiger partial charge is 0.394 e. The van der Waals surface area contributed by atoms with Crippen molar-refractivity contribution in [3.63, 3.8) is 0 Å². The third-order valence-electron chi connectivity index (χ3n) is 8.16. The average molecular weight is 618 g/mol. The van der Waals surface area contributed by atoms with Gasteiger partial charge in [-0.05, 0) is 56.6 Å². The number of carbonyl (C=O) groups excluding carboxylic acids is 2. The zero-order valence-electron chi connectivity index (χ0n) is 25.3. The van der Waals surface area contributed by atoms with E-state index in [2.05, 4.69) is 38.1 Å². The molecule has 44 heavy (non-hydrogen) atoms. The minimum atomic E-state index is -0.540. The molecule has 2 aromatic carbocycles. The first-order chi connectivity index (χ1) is 21.3. The molecule has 6 N–H and O–H groups in total. The first-order valence-corrected chi connectivity index (χ1v) is 15.3. The first kappa shape index (κ1) is 31.6. The molecule has 1 amide bonds. The van der Waals surface area contributed by atoms with Gasteiger partial charge >= 0.3 is 0 Å².